The van der Waals surface area contributed by atoms with E-state index in [9.17, 15) is 13.6 Å². The van der Waals surface area contributed by atoms with Gasteiger partial charge in [-0.1, -0.05) is 0 Å². The van der Waals surface area contributed by atoms with Gasteiger partial charge in [0.1, 0.15) is 0 Å². The topological polar surface area (TPSA) is 73.6 Å². The highest BCUT2D eigenvalue weighted by atomic mass is 19.3. The lowest BCUT2D eigenvalue weighted by Crippen LogP contribution is -2.16. The Kier molecular flexibility index (Phi) is 5.31. The molecule has 3 N–H and O–H groups in total. The molecule has 7 heteroatoms. The summed E-state index contributed by atoms with van der Waals surface area (Å²) in [6, 6.07) is 4.21. The minimum Gasteiger partial charge on any atom is -0.493 e. The Labute approximate surface area is 103 Å². The molecule has 0 spiro atoms. The maximum Gasteiger partial charge on any atom is 0.387 e. The number of amides is 1. The highest BCUT2D eigenvalue weighted by molar-refractivity contribution is 5.91. The van der Waals surface area contributed by atoms with Gasteiger partial charge in [-0.25, -0.2) is 0 Å². The fraction of sp³-hybridized carbons (Fsp3) is 0.364. The summed E-state index contributed by atoms with van der Waals surface area (Å²) in [5.74, 6) is -0.282. The van der Waals surface area contributed by atoms with Gasteiger partial charge in [0.2, 0.25) is 5.91 Å². The van der Waals surface area contributed by atoms with E-state index in [2.05, 4.69) is 10.1 Å². The zero-order valence-corrected chi connectivity index (χ0v) is 9.78. The summed E-state index contributed by atoms with van der Waals surface area (Å²) in [5, 5.41) is 2.51. The molecule has 0 aliphatic heterocycles. The number of hydrogen-bond acceptors (Lipinski definition) is 4. The summed E-state index contributed by atoms with van der Waals surface area (Å²) >= 11 is 0. The number of rotatable bonds is 6. The van der Waals surface area contributed by atoms with E-state index in [-0.39, 0.29) is 30.4 Å². The van der Waals surface area contributed by atoms with Crippen molar-refractivity contribution < 1.29 is 23.0 Å². The molecule has 0 aromatic heterocycles. The molecule has 0 saturated heterocycles. The first-order chi connectivity index (χ1) is 8.56. The zero-order chi connectivity index (χ0) is 13.5. The molecule has 0 unspecified atom stereocenters. The molecule has 0 aliphatic carbocycles. The van der Waals surface area contributed by atoms with Crippen LogP contribution < -0.4 is 20.5 Å². The minimum absolute atomic E-state index is 0.141. The lowest BCUT2D eigenvalue weighted by atomic mass is 10.2. The number of carbonyl (C=O) groups excluding carboxylic acids is 1. The van der Waals surface area contributed by atoms with Gasteiger partial charge in [-0.05, 0) is 12.1 Å². The second-order valence-electron chi connectivity index (χ2n) is 3.33. The molecule has 100 valence electrons. The number of nitrogens with one attached hydrogen (secondary N) is 1. The van der Waals surface area contributed by atoms with Crippen molar-refractivity contribution in [2.24, 2.45) is 5.73 Å². The molecule has 0 radical (unpaired) electrons. The zero-order valence-electron chi connectivity index (χ0n) is 9.78. The van der Waals surface area contributed by atoms with Crippen LogP contribution in [0.25, 0.3) is 0 Å². The van der Waals surface area contributed by atoms with Gasteiger partial charge < -0.3 is 20.5 Å². The quantitative estimate of drug-likeness (QED) is 0.814. The first kappa shape index (κ1) is 14.2. The van der Waals surface area contributed by atoms with Crippen molar-refractivity contribution in [3.63, 3.8) is 0 Å². The molecule has 0 fully saturated rings. The number of halogens is 2. The second kappa shape index (κ2) is 6.75. The lowest BCUT2D eigenvalue weighted by molar-refractivity contribution is -0.116. The molecule has 0 atom stereocenters. The Morgan fingerprint density at radius 3 is 2.72 bits per heavy atom. The molecule has 0 bridgehead atoms. The van der Waals surface area contributed by atoms with Gasteiger partial charge in [-0.3, -0.25) is 4.79 Å². The number of carbonyl (C=O) groups is 1. The number of nitrogens with two attached hydrogens (primary N) is 1. The number of benzene rings is 1. The van der Waals surface area contributed by atoms with Crippen LogP contribution in [0.2, 0.25) is 0 Å². The number of methoxy groups -OCH3 is 1. The summed E-state index contributed by atoms with van der Waals surface area (Å²) < 4.78 is 33.5. The third kappa shape index (κ3) is 4.17. The third-order valence-electron chi connectivity index (χ3n) is 2.03. The largest absolute Gasteiger partial charge is 0.493 e. The average Bonchev–Trinajstić information content (AvgIpc) is 2.28. The summed E-state index contributed by atoms with van der Waals surface area (Å²) in [6.07, 6.45) is 0.150. The number of hydrogen-bond donors (Lipinski definition) is 2. The van der Waals surface area contributed by atoms with Gasteiger partial charge in [-0.2, -0.15) is 8.78 Å². The Bertz CT molecular complexity index is 413. The Hall–Kier alpha value is -1.89. The van der Waals surface area contributed by atoms with Crippen molar-refractivity contribution in [1.82, 2.24) is 0 Å². The standard InChI is InChI=1S/C11H14F2N2O3/c1-17-8-3-2-7(15-10(16)4-5-14)6-9(8)18-11(12)13/h2-3,6,11H,4-5,14H2,1H3,(H,15,16). The van der Waals surface area contributed by atoms with Crippen LogP contribution in [-0.4, -0.2) is 26.2 Å². The van der Waals surface area contributed by atoms with Crippen LogP contribution in [0, 0.1) is 0 Å². The minimum atomic E-state index is -2.96. The Morgan fingerprint density at radius 2 is 2.17 bits per heavy atom. The van der Waals surface area contributed by atoms with E-state index >= 15 is 0 Å². The molecule has 1 aromatic carbocycles. The highest BCUT2D eigenvalue weighted by Crippen LogP contribution is 2.31. The highest BCUT2D eigenvalue weighted by Gasteiger charge is 2.12. The predicted molar refractivity (Wildman–Crippen MR) is 61.9 cm³/mol. The normalized spacial score (nSPS) is 10.3. The van der Waals surface area contributed by atoms with E-state index < -0.39 is 6.61 Å². The lowest BCUT2D eigenvalue weighted by Gasteiger charge is -2.12. The fourth-order valence-electron chi connectivity index (χ4n) is 1.30. The first-order valence-corrected chi connectivity index (χ1v) is 5.19. The molecular weight excluding hydrogens is 246 g/mol. The predicted octanol–water partition coefficient (Wildman–Crippen LogP) is 1.58. The number of ether oxygens (including phenoxy) is 2. The van der Waals surface area contributed by atoms with Gasteiger partial charge >= 0.3 is 6.61 Å². The maximum atomic E-state index is 12.2. The van der Waals surface area contributed by atoms with Crippen molar-refractivity contribution in [3.8, 4) is 11.5 Å². The summed E-state index contributed by atoms with van der Waals surface area (Å²) in [4.78, 5) is 11.3. The van der Waals surface area contributed by atoms with E-state index in [1.165, 1.54) is 25.3 Å². The Morgan fingerprint density at radius 1 is 1.44 bits per heavy atom. The van der Waals surface area contributed by atoms with Crippen LogP contribution >= 0.6 is 0 Å². The molecule has 0 heterocycles. The van der Waals surface area contributed by atoms with Crippen LogP contribution in [0.15, 0.2) is 18.2 Å². The molecular formula is C11H14F2N2O3. The van der Waals surface area contributed by atoms with E-state index in [0.29, 0.717) is 5.69 Å². The van der Waals surface area contributed by atoms with E-state index in [1.807, 2.05) is 0 Å². The van der Waals surface area contributed by atoms with Crippen LogP contribution in [0.4, 0.5) is 14.5 Å². The molecule has 1 rings (SSSR count). The van der Waals surface area contributed by atoms with Gasteiger partial charge in [0.15, 0.2) is 11.5 Å². The van der Waals surface area contributed by atoms with Crippen LogP contribution in [0.3, 0.4) is 0 Å². The first-order valence-electron chi connectivity index (χ1n) is 5.19. The van der Waals surface area contributed by atoms with Crippen LogP contribution in [0.5, 0.6) is 11.5 Å². The monoisotopic (exact) mass is 260 g/mol. The van der Waals surface area contributed by atoms with Crippen molar-refractivity contribution >= 4 is 11.6 Å². The third-order valence-corrected chi connectivity index (χ3v) is 2.03. The summed E-state index contributed by atoms with van der Waals surface area (Å²) in [6.45, 7) is -2.75. The van der Waals surface area contributed by atoms with Crippen molar-refractivity contribution in [1.29, 1.82) is 0 Å². The van der Waals surface area contributed by atoms with Gasteiger partial charge in [0.05, 0.1) is 7.11 Å². The molecule has 0 saturated carbocycles. The second-order valence-corrected chi connectivity index (χ2v) is 3.33. The van der Waals surface area contributed by atoms with Crippen molar-refractivity contribution in [2.45, 2.75) is 13.0 Å². The van der Waals surface area contributed by atoms with Crippen LogP contribution in [0.1, 0.15) is 6.42 Å². The van der Waals surface area contributed by atoms with Crippen molar-refractivity contribution in [3.05, 3.63) is 18.2 Å². The Balaban J connectivity index is 2.85. The molecule has 1 amide bonds. The maximum absolute atomic E-state index is 12.2. The molecule has 0 aliphatic rings. The smallest absolute Gasteiger partial charge is 0.387 e. The molecule has 5 nitrogen and oxygen atoms in total. The summed E-state index contributed by atoms with van der Waals surface area (Å²) in [7, 11) is 1.33. The number of anilines is 1. The van der Waals surface area contributed by atoms with Gasteiger partial charge in [0, 0.05) is 24.7 Å². The fourth-order valence-corrected chi connectivity index (χ4v) is 1.30. The van der Waals surface area contributed by atoms with Gasteiger partial charge in [-0.15, -0.1) is 0 Å². The molecule has 18 heavy (non-hydrogen) atoms. The van der Waals surface area contributed by atoms with E-state index in [0.717, 1.165) is 0 Å². The number of alkyl halides is 2. The van der Waals surface area contributed by atoms with Crippen molar-refractivity contribution in [2.75, 3.05) is 19.0 Å². The molecule has 1 aromatic rings. The van der Waals surface area contributed by atoms with E-state index in [1.54, 1.807) is 0 Å². The van der Waals surface area contributed by atoms with Crippen LogP contribution in [-0.2, 0) is 4.79 Å². The average molecular weight is 260 g/mol. The van der Waals surface area contributed by atoms with Gasteiger partial charge in [0.25, 0.3) is 0 Å². The SMILES string of the molecule is COc1ccc(NC(=O)CCN)cc1OC(F)F. The summed E-state index contributed by atoms with van der Waals surface area (Å²) in [5.41, 5.74) is 5.56. The van der Waals surface area contributed by atoms with E-state index in [4.69, 9.17) is 10.5 Å².